The highest BCUT2D eigenvalue weighted by atomic mass is 32.2. The van der Waals surface area contributed by atoms with E-state index in [-0.39, 0.29) is 11.2 Å². The second kappa shape index (κ2) is 7.24. The van der Waals surface area contributed by atoms with Gasteiger partial charge < -0.3 is 4.90 Å². The number of benzene rings is 1. The van der Waals surface area contributed by atoms with E-state index in [1.807, 2.05) is 55.6 Å². The summed E-state index contributed by atoms with van der Waals surface area (Å²) < 4.78 is 27.6. The molecule has 0 bridgehead atoms. The monoisotopic (exact) mass is 385 g/mol. The topological polar surface area (TPSA) is 53.5 Å². The average molecular weight is 386 g/mol. The van der Waals surface area contributed by atoms with Gasteiger partial charge in [-0.1, -0.05) is 35.9 Å². The Morgan fingerprint density at radius 1 is 1.04 bits per heavy atom. The van der Waals surface area contributed by atoms with Crippen LogP contribution in [-0.4, -0.2) is 43.9 Å². The molecule has 0 N–H and O–H groups in total. The fourth-order valence-electron chi connectivity index (χ4n) is 4.40. The number of hydrogen-bond donors (Lipinski definition) is 0. The van der Waals surface area contributed by atoms with Crippen molar-refractivity contribution in [2.75, 3.05) is 31.1 Å². The Morgan fingerprint density at radius 3 is 2.59 bits per heavy atom. The molecule has 0 radical (unpaired) electrons. The molecule has 2 aliphatic heterocycles. The minimum Gasteiger partial charge on any atom is -0.356 e. The van der Waals surface area contributed by atoms with Crippen LogP contribution in [0.2, 0.25) is 0 Å². The van der Waals surface area contributed by atoms with Crippen LogP contribution in [0.5, 0.6) is 0 Å². The number of pyridine rings is 1. The van der Waals surface area contributed by atoms with Crippen LogP contribution in [0.3, 0.4) is 0 Å². The average Bonchev–Trinajstić information content (AvgIpc) is 3.08. The predicted octanol–water partition coefficient (Wildman–Crippen LogP) is 3.21. The van der Waals surface area contributed by atoms with E-state index in [2.05, 4.69) is 9.88 Å². The van der Waals surface area contributed by atoms with E-state index >= 15 is 0 Å². The molecular weight excluding hydrogens is 358 g/mol. The molecule has 3 heterocycles. The molecule has 1 aromatic heterocycles. The van der Waals surface area contributed by atoms with Crippen LogP contribution >= 0.6 is 0 Å². The molecule has 0 unspecified atom stereocenters. The molecule has 1 aromatic carbocycles. The summed E-state index contributed by atoms with van der Waals surface area (Å²) in [7, 11) is -3.28. The van der Waals surface area contributed by atoms with E-state index in [1.165, 1.54) is 0 Å². The van der Waals surface area contributed by atoms with Crippen LogP contribution in [0.1, 0.15) is 30.4 Å². The second-order valence-corrected chi connectivity index (χ2v) is 10.0. The van der Waals surface area contributed by atoms with Crippen molar-refractivity contribution >= 4 is 15.8 Å². The van der Waals surface area contributed by atoms with Gasteiger partial charge in [0.05, 0.1) is 5.75 Å². The number of piperidine rings is 1. The van der Waals surface area contributed by atoms with Gasteiger partial charge in [0, 0.05) is 37.8 Å². The predicted molar refractivity (Wildman–Crippen MR) is 108 cm³/mol. The lowest BCUT2D eigenvalue weighted by Gasteiger charge is -2.41. The first kappa shape index (κ1) is 18.4. The molecule has 0 saturated carbocycles. The van der Waals surface area contributed by atoms with Crippen molar-refractivity contribution in [3.63, 3.8) is 0 Å². The van der Waals surface area contributed by atoms with Crippen molar-refractivity contribution in [2.45, 2.75) is 31.9 Å². The molecule has 0 aliphatic carbocycles. The molecule has 144 valence electrons. The normalized spacial score (nSPS) is 23.8. The van der Waals surface area contributed by atoms with Gasteiger partial charge in [0.1, 0.15) is 5.82 Å². The zero-order valence-corrected chi connectivity index (χ0v) is 16.7. The number of anilines is 1. The summed E-state index contributed by atoms with van der Waals surface area (Å²) >= 11 is 0. The van der Waals surface area contributed by atoms with E-state index in [1.54, 1.807) is 4.31 Å². The van der Waals surface area contributed by atoms with Crippen LogP contribution in [-0.2, 0) is 15.8 Å². The van der Waals surface area contributed by atoms with E-state index < -0.39 is 10.0 Å². The maximum atomic E-state index is 13.0. The Morgan fingerprint density at radius 2 is 1.85 bits per heavy atom. The first-order valence-corrected chi connectivity index (χ1v) is 11.3. The standard InChI is InChI=1S/C21H27N3O2S/c1-18-6-8-19(9-7-18)15-27(25,26)24-14-11-21(17-24)10-4-13-23(16-21)20-5-2-3-12-22-20/h2-3,5-9,12H,4,10-11,13-17H2,1H3/t21-/m0/s1. The summed E-state index contributed by atoms with van der Waals surface area (Å²) in [6.07, 6.45) is 4.93. The first-order valence-electron chi connectivity index (χ1n) is 9.65. The third-order valence-electron chi connectivity index (χ3n) is 5.90. The molecule has 2 aliphatic rings. The molecule has 1 spiro atoms. The summed E-state index contributed by atoms with van der Waals surface area (Å²) in [4.78, 5) is 6.80. The van der Waals surface area contributed by atoms with Crippen LogP contribution in [0.15, 0.2) is 48.7 Å². The fraction of sp³-hybridized carbons (Fsp3) is 0.476. The van der Waals surface area contributed by atoms with E-state index in [4.69, 9.17) is 0 Å². The molecule has 4 rings (SSSR count). The lowest BCUT2D eigenvalue weighted by molar-refractivity contribution is 0.247. The maximum Gasteiger partial charge on any atom is 0.218 e. The van der Waals surface area contributed by atoms with Gasteiger partial charge in [0.25, 0.3) is 0 Å². The second-order valence-electron chi connectivity index (χ2n) is 8.04. The summed E-state index contributed by atoms with van der Waals surface area (Å²) in [5.41, 5.74) is 2.06. The molecule has 5 nitrogen and oxygen atoms in total. The molecule has 2 aromatic rings. The lowest BCUT2D eigenvalue weighted by atomic mass is 9.79. The Kier molecular flexibility index (Phi) is 4.95. The van der Waals surface area contributed by atoms with Crippen molar-refractivity contribution in [1.29, 1.82) is 0 Å². The minimum absolute atomic E-state index is 0.0517. The van der Waals surface area contributed by atoms with E-state index in [0.717, 1.165) is 49.3 Å². The van der Waals surface area contributed by atoms with Gasteiger partial charge in [0.2, 0.25) is 10.0 Å². The minimum atomic E-state index is -3.28. The summed E-state index contributed by atoms with van der Waals surface area (Å²) in [5.74, 6) is 1.09. The number of aromatic nitrogens is 1. The summed E-state index contributed by atoms with van der Waals surface area (Å²) in [5, 5.41) is 0. The number of nitrogens with zero attached hydrogens (tertiary/aromatic N) is 3. The highest BCUT2D eigenvalue weighted by molar-refractivity contribution is 7.88. The third-order valence-corrected chi connectivity index (χ3v) is 7.70. The van der Waals surface area contributed by atoms with Crippen molar-refractivity contribution in [3.05, 3.63) is 59.8 Å². The number of sulfonamides is 1. The van der Waals surface area contributed by atoms with Crippen LogP contribution in [0.25, 0.3) is 0 Å². The van der Waals surface area contributed by atoms with Crippen LogP contribution in [0, 0.1) is 12.3 Å². The lowest BCUT2D eigenvalue weighted by Crippen LogP contribution is -2.45. The van der Waals surface area contributed by atoms with Crippen molar-refractivity contribution in [1.82, 2.24) is 9.29 Å². The Hall–Kier alpha value is -1.92. The van der Waals surface area contributed by atoms with Gasteiger partial charge >= 0.3 is 0 Å². The Bertz CT molecular complexity index is 883. The van der Waals surface area contributed by atoms with E-state index in [9.17, 15) is 8.42 Å². The maximum absolute atomic E-state index is 13.0. The SMILES string of the molecule is Cc1ccc(CS(=O)(=O)N2CC[C@]3(CCCN(c4ccccn4)C3)C2)cc1. The summed E-state index contributed by atoms with van der Waals surface area (Å²) in [6, 6.07) is 13.8. The largest absolute Gasteiger partial charge is 0.356 e. The smallest absolute Gasteiger partial charge is 0.218 e. The van der Waals surface area contributed by atoms with Gasteiger partial charge in [-0.05, 0) is 43.9 Å². The quantitative estimate of drug-likeness (QED) is 0.811. The van der Waals surface area contributed by atoms with Gasteiger partial charge in [-0.3, -0.25) is 0 Å². The van der Waals surface area contributed by atoms with E-state index in [0.29, 0.717) is 13.1 Å². The molecule has 2 saturated heterocycles. The number of rotatable bonds is 4. The molecule has 0 amide bonds. The van der Waals surface area contributed by atoms with Crippen molar-refractivity contribution in [3.8, 4) is 0 Å². The third kappa shape index (κ3) is 4.01. The van der Waals surface area contributed by atoms with Crippen LogP contribution < -0.4 is 4.90 Å². The molecule has 1 atom stereocenters. The van der Waals surface area contributed by atoms with Gasteiger partial charge in [-0.2, -0.15) is 0 Å². The molecule has 2 fully saturated rings. The zero-order chi connectivity index (χ0) is 18.9. The zero-order valence-electron chi connectivity index (χ0n) is 15.8. The molecule has 6 heteroatoms. The van der Waals surface area contributed by atoms with Gasteiger partial charge in [-0.15, -0.1) is 0 Å². The highest BCUT2D eigenvalue weighted by Gasteiger charge is 2.45. The van der Waals surface area contributed by atoms with Gasteiger partial charge in [-0.25, -0.2) is 17.7 Å². The highest BCUT2D eigenvalue weighted by Crippen LogP contribution is 2.41. The Balaban J connectivity index is 1.46. The van der Waals surface area contributed by atoms with Crippen LogP contribution in [0.4, 0.5) is 5.82 Å². The summed E-state index contributed by atoms with van der Waals surface area (Å²) in [6.45, 7) is 5.16. The number of hydrogen-bond acceptors (Lipinski definition) is 4. The fourth-order valence-corrected chi connectivity index (χ4v) is 6.03. The molecule has 27 heavy (non-hydrogen) atoms. The van der Waals surface area contributed by atoms with Crippen molar-refractivity contribution in [2.24, 2.45) is 5.41 Å². The Labute approximate surface area is 162 Å². The number of aryl methyl sites for hydroxylation is 1. The molecular formula is C21H27N3O2S. The van der Waals surface area contributed by atoms with Gasteiger partial charge in [0.15, 0.2) is 0 Å². The first-order chi connectivity index (χ1) is 13.0. The van der Waals surface area contributed by atoms with Crippen molar-refractivity contribution < 1.29 is 8.42 Å².